The van der Waals surface area contributed by atoms with E-state index in [1.807, 2.05) is 67.2 Å². The average molecular weight is 505 g/mol. The summed E-state index contributed by atoms with van der Waals surface area (Å²) in [5, 5.41) is 0.948. The highest BCUT2D eigenvalue weighted by atomic mass is 19.1. The van der Waals surface area contributed by atoms with Crippen LogP contribution in [0.5, 0.6) is 5.75 Å². The first-order valence-corrected chi connectivity index (χ1v) is 12.3. The normalized spacial score (nSPS) is 12.1. The standard InChI is InChI=1S/C30H33FN2O4/c1-19-8-9-22(15-29(34)37-20(2)17-35-4)28(12-19)36-18-21-13-26(24-10-11-33(3)27(24)14-21)25-7-5-6-23(16-32)30(25)31/h5-14,20H,15-18,32H2,1-4H3. The van der Waals surface area contributed by atoms with E-state index in [9.17, 15) is 4.79 Å². The molecule has 0 saturated carbocycles. The molecular weight excluding hydrogens is 471 g/mol. The lowest BCUT2D eigenvalue weighted by atomic mass is 9.97. The van der Waals surface area contributed by atoms with E-state index in [-0.39, 0.29) is 37.5 Å². The monoisotopic (exact) mass is 504 g/mol. The topological polar surface area (TPSA) is 75.7 Å². The van der Waals surface area contributed by atoms with Crippen LogP contribution < -0.4 is 10.5 Å². The van der Waals surface area contributed by atoms with Crippen LogP contribution in [0.15, 0.2) is 60.8 Å². The third-order valence-corrected chi connectivity index (χ3v) is 6.34. The molecule has 2 N–H and O–H groups in total. The van der Waals surface area contributed by atoms with Gasteiger partial charge in [0.25, 0.3) is 0 Å². The lowest BCUT2D eigenvalue weighted by Gasteiger charge is -2.16. The van der Waals surface area contributed by atoms with Gasteiger partial charge in [0, 0.05) is 54.5 Å². The summed E-state index contributed by atoms with van der Waals surface area (Å²) in [6.45, 7) is 4.47. The minimum Gasteiger partial charge on any atom is -0.489 e. The van der Waals surface area contributed by atoms with E-state index in [2.05, 4.69) is 0 Å². The minimum atomic E-state index is -0.346. The van der Waals surface area contributed by atoms with E-state index < -0.39 is 0 Å². The third-order valence-electron chi connectivity index (χ3n) is 6.34. The summed E-state index contributed by atoms with van der Waals surface area (Å²) in [5.74, 6) is -0.0439. The van der Waals surface area contributed by atoms with Crippen LogP contribution in [0.4, 0.5) is 4.39 Å². The number of hydrogen-bond acceptors (Lipinski definition) is 5. The largest absolute Gasteiger partial charge is 0.489 e. The van der Waals surface area contributed by atoms with Crippen LogP contribution >= 0.6 is 0 Å². The number of fused-ring (bicyclic) bond motifs is 1. The average Bonchev–Trinajstić information content (AvgIpc) is 3.24. The van der Waals surface area contributed by atoms with Crippen molar-refractivity contribution in [2.45, 2.75) is 39.5 Å². The van der Waals surface area contributed by atoms with Crippen LogP contribution in [0.25, 0.3) is 22.0 Å². The van der Waals surface area contributed by atoms with Crippen LogP contribution in [0, 0.1) is 12.7 Å². The fourth-order valence-corrected chi connectivity index (χ4v) is 4.47. The molecule has 0 saturated heterocycles. The van der Waals surface area contributed by atoms with E-state index in [1.165, 1.54) is 0 Å². The number of rotatable bonds is 10. The first-order valence-electron chi connectivity index (χ1n) is 12.3. The van der Waals surface area contributed by atoms with Crippen molar-refractivity contribution in [2.75, 3.05) is 13.7 Å². The summed E-state index contributed by atoms with van der Waals surface area (Å²) in [5.41, 5.74) is 11.1. The molecule has 37 heavy (non-hydrogen) atoms. The minimum absolute atomic E-state index is 0.0862. The Kier molecular flexibility index (Phi) is 8.26. The molecule has 4 aromatic rings. The van der Waals surface area contributed by atoms with Crippen LogP contribution in [0.3, 0.4) is 0 Å². The number of carbonyl (C=O) groups excluding carboxylic acids is 1. The highest BCUT2D eigenvalue weighted by Gasteiger charge is 2.17. The predicted molar refractivity (Wildman–Crippen MR) is 143 cm³/mol. The van der Waals surface area contributed by atoms with Gasteiger partial charge in [-0.3, -0.25) is 4.79 Å². The molecule has 1 atom stereocenters. The molecule has 0 bridgehead atoms. The Balaban J connectivity index is 1.63. The lowest BCUT2D eigenvalue weighted by Crippen LogP contribution is -2.21. The van der Waals surface area contributed by atoms with Crippen molar-refractivity contribution in [1.29, 1.82) is 0 Å². The quantitative estimate of drug-likeness (QED) is 0.291. The zero-order valence-corrected chi connectivity index (χ0v) is 21.7. The zero-order valence-electron chi connectivity index (χ0n) is 21.7. The van der Waals surface area contributed by atoms with Gasteiger partial charge in [-0.1, -0.05) is 30.3 Å². The van der Waals surface area contributed by atoms with Crippen molar-refractivity contribution < 1.29 is 23.4 Å². The molecule has 1 aromatic heterocycles. The first kappa shape index (κ1) is 26.4. The van der Waals surface area contributed by atoms with Gasteiger partial charge in [-0.25, -0.2) is 4.39 Å². The van der Waals surface area contributed by atoms with E-state index in [1.54, 1.807) is 26.2 Å². The van der Waals surface area contributed by atoms with Crippen LogP contribution in [0.2, 0.25) is 0 Å². The van der Waals surface area contributed by atoms with Crippen LogP contribution in [-0.4, -0.2) is 30.4 Å². The predicted octanol–water partition coefficient (Wildman–Crippen LogP) is 5.45. The molecule has 0 radical (unpaired) electrons. The van der Waals surface area contributed by atoms with Gasteiger partial charge >= 0.3 is 5.97 Å². The maximum Gasteiger partial charge on any atom is 0.310 e. The Morgan fingerprint density at radius 3 is 2.65 bits per heavy atom. The summed E-state index contributed by atoms with van der Waals surface area (Å²) >= 11 is 0. The molecule has 7 heteroatoms. The molecule has 0 amide bonds. The summed E-state index contributed by atoms with van der Waals surface area (Å²) in [6.07, 6.45) is 1.71. The number of carbonyl (C=O) groups is 1. The number of ether oxygens (including phenoxy) is 3. The Labute approximate surface area is 216 Å². The van der Waals surface area contributed by atoms with Crippen molar-refractivity contribution in [3.05, 3.63) is 88.9 Å². The van der Waals surface area contributed by atoms with Crippen molar-refractivity contribution in [2.24, 2.45) is 12.8 Å². The fraction of sp³-hybridized carbons (Fsp3) is 0.300. The number of nitrogens with two attached hydrogens (primary N) is 1. The molecule has 0 aliphatic carbocycles. The van der Waals surface area contributed by atoms with E-state index >= 15 is 4.39 Å². The van der Waals surface area contributed by atoms with Gasteiger partial charge in [-0.15, -0.1) is 0 Å². The molecule has 6 nitrogen and oxygen atoms in total. The highest BCUT2D eigenvalue weighted by molar-refractivity contribution is 5.96. The number of hydrogen-bond donors (Lipinski definition) is 1. The molecule has 0 aliphatic rings. The van der Waals surface area contributed by atoms with Gasteiger partial charge in [0.1, 0.15) is 24.3 Å². The Morgan fingerprint density at radius 1 is 1.08 bits per heavy atom. The summed E-state index contributed by atoms with van der Waals surface area (Å²) < 4.78 is 34.0. The van der Waals surface area contributed by atoms with Crippen molar-refractivity contribution in [3.8, 4) is 16.9 Å². The van der Waals surface area contributed by atoms with Gasteiger partial charge in [-0.2, -0.15) is 0 Å². The Morgan fingerprint density at radius 2 is 1.89 bits per heavy atom. The summed E-state index contributed by atoms with van der Waals surface area (Å²) in [7, 11) is 3.52. The Hall–Kier alpha value is -3.68. The fourth-order valence-electron chi connectivity index (χ4n) is 4.47. The van der Waals surface area contributed by atoms with Crippen LogP contribution in [-0.2, 0) is 40.9 Å². The summed E-state index contributed by atoms with van der Waals surface area (Å²) in [4.78, 5) is 12.5. The molecular formula is C30H33FN2O4. The smallest absolute Gasteiger partial charge is 0.310 e. The maximum atomic E-state index is 15.3. The van der Waals surface area contributed by atoms with Gasteiger partial charge in [0.15, 0.2) is 0 Å². The zero-order chi connectivity index (χ0) is 26.5. The third kappa shape index (κ3) is 6.01. The van der Waals surface area contributed by atoms with Crippen molar-refractivity contribution in [1.82, 2.24) is 4.57 Å². The molecule has 194 valence electrons. The van der Waals surface area contributed by atoms with E-state index in [4.69, 9.17) is 19.9 Å². The van der Waals surface area contributed by atoms with Gasteiger partial charge in [0.05, 0.1) is 13.0 Å². The maximum absolute atomic E-state index is 15.3. The number of halogens is 1. The van der Waals surface area contributed by atoms with Crippen LogP contribution in [0.1, 0.15) is 29.2 Å². The van der Waals surface area contributed by atoms with E-state index in [0.29, 0.717) is 23.5 Å². The number of esters is 1. The molecule has 4 rings (SSSR count). The van der Waals surface area contributed by atoms with Gasteiger partial charge in [-0.05, 0) is 54.8 Å². The van der Waals surface area contributed by atoms with Crippen molar-refractivity contribution in [3.63, 3.8) is 0 Å². The second-order valence-corrected chi connectivity index (χ2v) is 9.32. The highest BCUT2D eigenvalue weighted by Crippen LogP contribution is 2.34. The molecule has 3 aromatic carbocycles. The second-order valence-electron chi connectivity index (χ2n) is 9.32. The first-order chi connectivity index (χ1) is 17.8. The number of methoxy groups -OCH3 is 1. The second kappa shape index (κ2) is 11.6. The molecule has 0 fully saturated rings. The molecule has 0 aliphatic heterocycles. The van der Waals surface area contributed by atoms with Gasteiger partial charge in [0.2, 0.25) is 0 Å². The number of aromatic nitrogens is 1. The van der Waals surface area contributed by atoms with E-state index in [0.717, 1.165) is 33.2 Å². The number of aryl methyl sites for hydroxylation is 2. The molecule has 1 heterocycles. The lowest BCUT2D eigenvalue weighted by molar-refractivity contribution is -0.149. The van der Waals surface area contributed by atoms with Crippen molar-refractivity contribution >= 4 is 16.9 Å². The SMILES string of the molecule is COCC(C)OC(=O)Cc1ccc(C)cc1OCc1cc(-c2cccc(CN)c2F)c2ccn(C)c2c1. The molecule has 1 unspecified atom stereocenters. The Bertz CT molecular complexity index is 1410. The number of benzene rings is 3. The molecule has 0 spiro atoms. The number of nitrogens with zero attached hydrogens (tertiary/aromatic N) is 1. The van der Waals surface area contributed by atoms with Gasteiger partial charge < -0.3 is 24.5 Å². The summed E-state index contributed by atoms with van der Waals surface area (Å²) in [6, 6.07) is 17.0.